The minimum absolute atomic E-state index is 0.142. The highest BCUT2D eigenvalue weighted by atomic mass is 35.5. The van der Waals surface area contributed by atoms with Gasteiger partial charge in [0.1, 0.15) is 5.82 Å². The number of carbonyl (C=O) groups is 2. The number of rotatable bonds is 3. The van der Waals surface area contributed by atoms with Crippen LogP contribution in [0.5, 0.6) is 0 Å². The van der Waals surface area contributed by atoms with Crippen molar-refractivity contribution in [3.63, 3.8) is 0 Å². The van der Waals surface area contributed by atoms with E-state index in [9.17, 15) is 14.7 Å². The summed E-state index contributed by atoms with van der Waals surface area (Å²) in [7, 11) is 0. The maximum absolute atomic E-state index is 13.0. The van der Waals surface area contributed by atoms with Crippen molar-refractivity contribution in [1.82, 2.24) is 19.7 Å². The van der Waals surface area contributed by atoms with E-state index in [1.54, 1.807) is 27.9 Å². The highest BCUT2D eigenvalue weighted by Gasteiger charge is 2.42. The number of fused-ring (bicyclic) bond motifs is 2. The van der Waals surface area contributed by atoms with Crippen LogP contribution in [0, 0.1) is 11.8 Å². The summed E-state index contributed by atoms with van der Waals surface area (Å²) in [5.41, 5.74) is 2.90. The fourth-order valence-electron chi connectivity index (χ4n) is 5.07. The first-order valence-corrected chi connectivity index (χ1v) is 11.2. The number of likely N-dealkylation sites (tertiary alicyclic amines) is 1. The molecule has 1 N–H and O–H groups in total. The van der Waals surface area contributed by atoms with Gasteiger partial charge in [0.15, 0.2) is 5.69 Å². The van der Waals surface area contributed by atoms with E-state index in [1.807, 2.05) is 30.5 Å². The SMILES string of the molecule is O=C(O)N1CC2CN(c3ccc(N4Cc5cn(-c6ccc(Cl)cc6)nc5C4=O)cn3)CC2C1. The molecule has 1 aromatic carbocycles. The Kier molecular flexibility index (Phi) is 4.55. The number of pyridine rings is 1. The molecule has 3 aromatic rings. The molecule has 3 aliphatic rings. The predicted molar refractivity (Wildman–Crippen MR) is 122 cm³/mol. The Bertz CT molecular complexity index is 1230. The molecular formula is C23H21ClN6O3. The van der Waals surface area contributed by atoms with Crippen molar-refractivity contribution >= 4 is 35.1 Å². The van der Waals surface area contributed by atoms with Gasteiger partial charge in [-0.1, -0.05) is 11.6 Å². The lowest BCUT2D eigenvalue weighted by molar-refractivity contribution is 0.0991. The Labute approximate surface area is 194 Å². The molecule has 6 rings (SSSR count). The van der Waals surface area contributed by atoms with Gasteiger partial charge in [-0.15, -0.1) is 0 Å². The van der Waals surface area contributed by atoms with Crippen LogP contribution in [0.4, 0.5) is 16.3 Å². The normalized spacial score (nSPS) is 21.6. The first kappa shape index (κ1) is 20.0. The van der Waals surface area contributed by atoms with Crippen molar-refractivity contribution in [2.45, 2.75) is 6.54 Å². The number of carbonyl (C=O) groups excluding carboxylic acids is 1. The molecule has 168 valence electrons. The molecule has 2 saturated heterocycles. The second-order valence-corrected chi connectivity index (χ2v) is 9.24. The third-order valence-corrected chi connectivity index (χ3v) is 7.03. The number of amides is 2. The highest BCUT2D eigenvalue weighted by molar-refractivity contribution is 6.30. The fraction of sp³-hybridized carbons (Fsp3) is 0.304. The number of hydrogen-bond donors (Lipinski definition) is 1. The standard InChI is InChI=1S/C23H21ClN6O3/c24-17-1-3-18(4-2-17)30-13-16-12-29(22(31)21(16)26-30)19-5-6-20(25-7-19)27-8-14-10-28(23(32)33)11-15(14)9-27/h1-7,13-15H,8-12H2,(H,32,33). The second kappa shape index (κ2) is 7.48. The number of aromatic nitrogens is 3. The van der Waals surface area contributed by atoms with E-state index >= 15 is 0 Å². The number of hydrogen-bond acceptors (Lipinski definition) is 5. The Morgan fingerprint density at radius 2 is 1.70 bits per heavy atom. The van der Waals surface area contributed by atoms with Crippen LogP contribution < -0.4 is 9.80 Å². The molecule has 0 spiro atoms. The number of carboxylic acid groups (broad SMARTS) is 1. The lowest BCUT2D eigenvalue weighted by Crippen LogP contribution is -2.32. The van der Waals surface area contributed by atoms with Gasteiger partial charge < -0.3 is 19.8 Å². The molecule has 5 heterocycles. The smallest absolute Gasteiger partial charge is 0.407 e. The van der Waals surface area contributed by atoms with E-state index in [0.29, 0.717) is 42.2 Å². The van der Waals surface area contributed by atoms with Crippen molar-refractivity contribution in [3.05, 3.63) is 65.1 Å². The lowest BCUT2D eigenvalue weighted by Gasteiger charge is -2.22. The maximum Gasteiger partial charge on any atom is 0.407 e. The number of halogens is 1. The van der Waals surface area contributed by atoms with Crippen LogP contribution in [-0.2, 0) is 6.54 Å². The van der Waals surface area contributed by atoms with E-state index in [1.165, 1.54) is 4.90 Å². The molecule has 2 fully saturated rings. The minimum Gasteiger partial charge on any atom is -0.465 e. The molecule has 0 aliphatic carbocycles. The van der Waals surface area contributed by atoms with Crippen molar-refractivity contribution in [1.29, 1.82) is 0 Å². The van der Waals surface area contributed by atoms with E-state index < -0.39 is 6.09 Å². The Morgan fingerprint density at radius 3 is 2.30 bits per heavy atom. The molecule has 2 aromatic heterocycles. The zero-order chi connectivity index (χ0) is 22.7. The summed E-state index contributed by atoms with van der Waals surface area (Å²) in [5, 5.41) is 14.3. The van der Waals surface area contributed by atoms with E-state index in [4.69, 9.17) is 11.6 Å². The topological polar surface area (TPSA) is 94.8 Å². The summed E-state index contributed by atoms with van der Waals surface area (Å²) < 4.78 is 1.70. The largest absolute Gasteiger partial charge is 0.465 e. The van der Waals surface area contributed by atoms with Crippen LogP contribution >= 0.6 is 11.6 Å². The quantitative estimate of drug-likeness (QED) is 0.640. The fourth-order valence-corrected chi connectivity index (χ4v) is 5.20. The Morgan fingerprint density at radius 1 is 1.00 bits per heavy atom. The molecule has 3 aliphatic heterocycles. The summed E-state index contributed by atoms with van der Waals surface area (Å²) in [6, 6.07) is 11.2. The summed E-state index contributed by atoms with van der Waals surface area (Å²) in [6.45, 7) is 3.21. The summed E-state index contributed by atoms with van der Waals surface area (Å²) in [4.78, 5) is 34.2. The van der Waals surface area contributed by atoms with Gasteiger partial charge in [-0.05, 0) is 36.4 Å². The number of nitrogens with zero attached hydrogens (tertiary/aromatic N) is 6. The number of benzene rings is 1. The van der Waals surface area contributed by atoms with Crippen molar-refractivity contribution in [3.8, 4) is 5.69 Å². The predicted octanol–water partition coefficient (Wildman–Crippen LogP) is 3.13. The van der Waals surface area contributed by atoms with E-state index in [-0.39, 0.29) is 5.91 Å². The van der Waals surface area contributed by atoms with E-state index in [0.717, 1.165) is 35.8 Å². The molecular weight excluding hydrogens is 444 g/mol. The lowest BCUT2D eigenvalue weighted by atomic mass is 10.0. The van der Waals surface area contributed by atoms with Crippen molar-refractivity contribution in [2.75, 3.05) is 36.0 Å². The first-order valence-electron chi connectivity index (χ1n) is 10.8. The zero-order valence-electron chi connectivity index (χ0n) is 17.6. The molecule has 2 atom stereocenters. The third-order valence-electron chi connectivity index (χ3n) is 6.78. The van der Waals surface area contributed by atoms with Crippen LogP contribution in [0.2, 0.25) is 5.02 Å². The van der Waals surface area contributed by atoms with Gasteiger partial charge in [0.05, 0.1) is 24.1 Å². The van der Waals surface area contributed by atoms with Gasteiger partial charge in [-0.3, -0.25) is 4.79 Å². The maximum atomic E-state index is 13.0. The minimum atomic E-state index is -0.838. The van der Waals surface area contributed by atoms with Crippen molar-refractivity contribution < 1.29 is 14.7 Å². The van der Waals surface area contributed by atoms with Gasteiger partial charge in [0.2, 0.25) is 0 Å². The van der Waals surface area contributed by atoms with Crippen LogP contribution in [0.3, 0.4) is 0 Å². The van der Waals surface area contributed by atoms with Crippen molar-refractivity contribution in [2.24, 2.45) is 11.8 Å². The molecule has 0 saturated carbocycles. The van der Waals surface area contributed by atoms with Crippen LogP contribution in [0.25, 0.3) is 5.69 Å². The van der Waals surface area contributed by atoms with Gasteiger partial charge >= 0.3 is 6.09 Å². The molecule has 33 heavy (non-hydrogen) atoms. The average molecular weight is 465 g/mol. The van der Waals surface area contributed by atoms with Gasteiger partial charge in [-0.25, -0.2) is 14.5 Å². The van der Waals surface area contributed by atoms with Gasteiger partial charge in [0, 0.05) is 54.8 Å². The molecule has 2 unspecified atom stereocenters. The third kappa shape index (κ3) is 3.39. The van der Waals surface area contributed by atoms with Crippen LogP contribution in [0.15, 0.2) is 48.8 Å². The van der Waals surface area contributed by atoms with Crippen LogP contribution in [-0.4, -0.2) is 63.0 Å². The van der Waals surface area contributed by atoms with E-state index in [2.05, 4.69) is 15.0 Å². The van der Waals surface area contributed by atoms with Gasteiger partial charge in [-0.2, -0.15) is 5.10 Å². The van der Waals surface area contributed by atoms with Gasteiger partial charge in [0.25, 0.3) is 5.91 Å². The summed E-state index contributed by atoms with van der Waals surface area (Å²) in [5.74, 6) is 1.40. The second-order valence-electron chi connectivity index (χ2n) is 8.80. The molecule has 10 heteroatoms. The summed E-state index contributed by atoms with van der Waals surface area (Å²) in [6.07, 6.45) is 2.76. The first-order chi connectivity index (χ1) is 16.0. The highest BCUT2D eigenvalue weighted by Crippen LogP contribution is 2.34. The van der Waals surface area contributed by atoms with Crippen LogP contribution in [0.1, 0.15) is 16.1 Å². The molecule has 2 amide bonds. The Hall–Kier alpha value is -3.59. The average Bonchev–Trinajstić information content (AvgIpc) is 3.55. The molecule has 0 radical (unpaired) electrons. The zero-order valence-corrected chi connectivity index (χ0v) is 18.4. The molecule has 0 bridgehead atoms. The summed E-state index contributed by atoms with van der Waals surface area (Å²) >= 11 is 5.96. The Balaban J connectivity index is 1.14. The monoisotopic (exact) mass is 464 g/mol. The molecule has 9 nitrogen and oxygen atoms in total. The number of anilines is 2.